The number of ether oxygens (including phenoxy) is 1. The second-order valence-corrected chi connectivity index (χ2v) is 6.69. The summed E-state index contributed by atoms with van der Waals surface area (Å²) in [5, 5.41) is 3.57. The molecule has 25 heavy (non-hydrogen) atoms. The zero-order valence-corrected chi connectivity index (χ0v) is 15.0. The zero-order valence-electron chi connectivity index (χ0n) is 15.0. The number of rotatable bonds is 8. The Morgan fingerprint density at radius 2 is 1.84 bits per heavy atom. The molecule has 0 amide bonds. The summed E-state index contributed by atoms with van der Waals surface area (Å²) in [5.41, 5.74) is 2.30. The van der Waals surface area contributed by atoms with Gasteiger partial charge in [-0.05, 0) is 38.1 Å². The van der Waals surface area contributed by atoms with Crippen molar-refractivity contribution in [2.45, 2.75) is 38.8 Å². The lowest BCUT2D eigenvalue weighted by Gasteiger charge is -2.20. The molecule has 1 N–H and O–H groups in total. The molecule has 1 fully saturated rings. The molecule has 2 heterocycles. The molecule has 0 radical (unpaired) electrons. The molecule has 1 aromatic carbocycles. The maximum absolute atomic E-state index is 6.00. The zero-order chi connectivity index (χ0) is 17.2. The molecule has 0 unspecified atom stereocenters. The SMILES string of the molecule is c1cncc(COc2ccccc2CNCCN2CCCCCC2)c1. The average Bonchev–Trinajstić information content (AvgIpc) is 2.94. The average molecular weight is 339 g/mol. The molecule has 0 saturated carbocycles. The number of hydrogen-bond donors (Lipinski definition) is 1. The van der Waals surface area contributed by atoms with Gasteiger partial charge in [0.15, 0.2) is 0 Å². The van der Waals surface area contributed by atoms with Crippen LogP contribution < -0.4 is 10.1 Å². The Morgan fingerprint density at radius 3 is 2.64 bits per heavy atom. The van der Waals surface area contributed by atoms with Gasteiger partial charge in [-0.3, -0.25) is 4.98 Å². The molecule has 1 aliphatic heterocycles. The number of para-hydroxylation sites is 1. The Balaban J connectivity index is 1.44. The van der Waals surface area contributed by atoms with E-state index in [1.807, 2.05) is 30.5 Å². The molecule has 2 aromatic rings. The molecule has 0 atom stereocenters. The third-order valence-electron chi connectivity index (χ3n) is 4.71. The van der Waals surface area contributed by atoms with Crippen molar-refractivity contribution in [3.63, 3.8) is 0 Å². The first-order chi connectivity index (χ1) is 12.4. The van der Waals surface area contributed by atoms with E-state index in [0.29, 0.717) is 6.61 Å². The van der Waals surface area contributed by atoms with Crippen LogP contribution in [0, 0.1) is 0 Å². The summed E-state index contributed by atoms with van der Waals surface area (Å²) in [4.78, 5) is 6.72. The highest BCUT2D eigenvalue weighted by Gasteiger charge is 2.08. The minimum absolute atomic E-state index is 0.554. The Labute approximate surface area is 151 Å². The van der Waals surface area contributed by atoms with Crippen LogP contribution in [0.3, 0.4) is 0 Å². The van der Waals surface area contributed by atoms with Crippen LogP contribution in [-0.4, -0.2) is 36.1 Å². The van der Waals surface area contributed by atoms with Gasteiger partial charge < -0.3 is 15.0 Å². The van der Waals surface area contributed by atoms with Crippen molar-refractivity contribution < 1.29 is 4.74 Å². The smallest absolute Gasteiger partial charge is 0.124 e. The van der Waals surface area contributed by atoms with Gasteiger partial charge in [-0.15, -0.1) is 0 Å². The number of benzene rings is 1. The summed E-state index contributed by atoms with van der Waals surface area (Å²) >= 11 is 0. The molecule has 4 nitrogen and oxygen atoms in total. The van der Waals surface area contributed by atoms with Crippen molar-refractivity contribution in [3.8, 4) is 5.75 Å². The lowest BCUT2D eigenvalue weighted by molar-refractivity contribution is 0.282. The quantitative estimate of drug-likeness (QED) is 0.745. The van der Waals surface area contributed by atoms with E-state index >= 15 is 0 Å². The van der Waals surface area contributed by atoms with E-state index in [1.165, 1.54) is 44.3 Å². The Kier molecular flexibility index (Phi) is 7.28. The minimum Gasteiger partial charge on any atom is -0.489 e. The van der Waals surface area contributed by atoms with E-state index in [1.54, 1.807) is 6.20 Å². The molecule has 1 saturated heterocycles. The molecule has 4 heteroatoms. The highest BCUT2D eigenvalue weighted by Crippen LogP contribution is 2.19. The van der Waals surface area contributed by atoms with Crippen LogP contribution >= 0.6 is 0 Å². The lowest BCUT2D eigenvalue weighted by Crippen LogP contribution is -2.32. The van der Waals surface area contributed by atoms with Gasteiger partial charge >= 0.3 is 0 Å². The van der Waals surface area contributed by atoms with Crippen LogP contribution in [0.2, 0.25) is 0 Å². The lowest BCUT2D eigenvalue weighted by atomic mass is 10.2. The van der Waals surface area contributed by atoms with Crippen LogP contribution in [0.15, 0.2) is 48.8 Å². The van der Waals surface area contributed by atoms with Crippen molar-refractivity contribution >= 4 is 0 Å². The summed E-state index contributed by atoms with van der Waals surface area (Å²) in [6.45, 7) is 6.07. The number of nitrogens with one attached hydrogen (secondary N) is 1. The van der Waals surface area contributed by atoms with Gasteiger partial charge in [0.1, 0.15) is 12.4 Å². The standard InChI is InChI=1S/C21H29N3O/c1-2-6-14-24(13-5-1)15-12-23-17-20-9-3-4-10-21(20)25-18-19-8-7-11-22-16-19/h3-4,7-11,16,23H,1-2,5-6,12-15,17-18H2. The Bertz CT molecular complexity index is 610. The van der Waals surface area contributed by atoms with E-state index in [4.69, 9.17) is 4.74 Å². The largest absolute Gasteiger partial charge is 0.489 e. The normalized spacial score (nSPS) is 15.7. The van der Waals surface area contributed by atoms with Crippen LogP contribution in [0.1, 0.15) is 36.8 Å². The van der Waals surface area contributed by atoms with Crippen molar-refractivity contribution in [2.75, 3.05) is 26.2 Å². The van der Waals surface area contributed by atoms with Crippen molar-refractivity contribution in [3.05, 3.63) is 59.9 Å². The molecule has 0 aliphatic carbocycles. The van der Waals surface area contributed by atoms with E-state index in [0.717, 1.165) is 30.9 Å². The van der Waals surface area contributed by atoms with Gasteiger partial charge in [0.05, 0.1) is 0 Å². The number of hydrogen-bond acceptors (Lipinski definition) is 4. The topological polar surface area (TPSA) is 37.4 Å². The van der Waals surface area contributed by atoms with E-state index < -0.39 is 0 Å². The van der Waals surface area contributed by atoms with Gasteiger partial charge in [0.25, 0.3) is 0 Å². The number of nitrogens with zero attached hydrogens (tertiary/aromatic N) is 2. The predicted octanol–water partition coefficient (Wildman–Crippen LogP) is 3.63. The van der Waals surface area contributed by atoms with Gasteiger partial charge in [0.2, 0.25) is 0 Å². The fourth-order valence-electron chi connectivity index (χ4n) is 3.26. The van der Waals surface area contributed by atoms with Crippen molar-refractivity contribution in [1.29, 1.82) is 0 Å². The maximum Gasteiger partial charge on any atom is 0.124 e. The van der Waals surface area contributed by atoms with Gasteiger partial charge in [-0.2, -0.15) is 0 Å². The third kappa shape index (κ3) is 6.15. The first-order valence-corrected chi connectivity index (χ1v) is 9.44. The van der Waals surface area contributed by atoms with E-state index in [9.17, 15) is 0 Å². The van der Waals surface area contributed by atoms with Crippen LogP contribution in [0.25, 0.3) is 0 Å². The fourth-order valence-corrected chi connectivity index (χ4v) is 3.26. The van der Waals surface area contributed by atoms with Gasteiger partial charge in [-0.25, -0.2) is 0 Å². The van der Waals surface area contributed by atoms with Gasteiger partial charge in [-0.1, -0.05) is 37.1 Å². The molecule has 1 aromatic heterocycles. The molecule has 134 valence electrons. The highest BCUT2D eigenvalue weighted by atomic mass is 16.5. The van der Waals surface area contributed by atoms with Gasteiger partial charge in [0, 0.05) is 43.2 Å². The fraction of sp³-hybridized carbons (Fsp3) is 0.476. The minimum atomic E-state index is 0.554. The first kappa shape index (κ1) is 17.9. The Morgan fingerprint density at radius 1 is 1.00 bits per heavy atom. The number of pyridine rings is 1. The van der Waals surface area contributed by atoms with E-state index in [-0.39, 0.29) is 0 Å². The molecule has 0 spiro atoms. The highest BCUT2D eigenvalue weighted by molar-refractivity contribution is 5.33. The molecule has 1 aliphatic rings. The maximum atomic E-state index is 6.00. The summed E-state index contributed by atoms with van der Waals surface area (Å²) in [7, 11) is 0. The van der Waals surface area contributed by atoms with Crippen molar-refractivity contribution in [2.24, 2.45) is 0 Å². The summed E-state index contributed by atoms with van der Waals surface area (Å²) in [5.74, 6) is 0.952. The molecule has 3 rings (SSSR count). The first-order valence-electron chi connectivity index (χ1n) is 9.44. The van der Waals surface area contributed by atoms with E-state index in [2.05, 4.69) is 27.3 Å². The second-order valence-electron chi connectivity index (χ2n) is 6.69. The van der Waals surface area contributed by atoms with Crippen LogP contribution in [0.5, 0.6) is 5.75 Å². The second kappa shape index (κ2) is 10.2. The summed E-state index contributed by atoms with van der Waals surface area (Å²) in [6, 6.07) is 12.3. The van der Waals surface area contributed by atoms with Crippen LogP contribution in [-0.2, 0) is 13.2 Å². The monoisotopic (exact) mass is 339 g/mol. The summed E-state index contributed by atoms with van der Waals surface area (Å²) in [6.07, 6.45) is 9.13. The summed E-state index contributed by atoms with van der Waals surface area (Å²) < 4.78 is 6.00. The molecular weight excluding hydrogens is 310 g/mol. The molecular formula is C21H29N3O. The Hall–Kier alpha value is -1.91. The predicted molar refractivity (Wildman–Crippen MR) is 102 cm³/mol. The van der Waals surface area contributed by atoms with Crippen LogP contribution in [0.4, 0.5) is 0 Å². The molecule has 0 bridgehead atoms. The third-order valence-corrected chi connectivity index (χ3v) is 4.71. The van der Waals surface area contributed by atoms with Crippen molar-refractivity contribution in [1.82, 2.24) is 15.2 Å². The number of aromatic nitrogens is 1. The number of likely N-dealkylation sites (tertiary alicyclic amines) is 1.